The van der Waals surface area contributed by atoms with Crippen LogP contribution in [0.5, 0.6) is 11.5 Å². The third kappa shape index (κ3) is 5.15. The summed E-state index contributed by atoms with van der Waals surface area (Å²) in [5, 5.41) is 8.09. The largest absolute Gasteiger partial charge is 0.488 e. The minimum Gasteiger partial charge on any atom is -0.488 e. The Hall–Kier alpha value is -2.71. The van der Waals surface area contributed by atoms with Gasteiger partial charge >= 0.3 is 12.5 Å². The minimum absolute atomic E-state index is 0.101. The summed E-state index contributed by atoms with van der Waals surface area (Å²) in [4.78, 5) is 0. The lowest BCUT2D eigenvalue weighted by molar-refractivity contribution is -0.253. The van der Waals surface area contributed by atoms with Gasteiger partial charge in [0.2, 0.25) is 0 Å². The molecule has 0 aliphatic carbocycles. The van der Waals surface area contributed by atoms with Gasteiger partial charge in [-0.15, -0.1) is 0 Å². The molecule has 146 valence electrons. The van der Waals surface area contributed by atoms with Gasteiger partial charge in [0.1, 0.15) is 11.6 Å². The molecule has 0 aromatic heterocycles. The number of hydrogen-bond donors (Lipinski definition) is 1. The van der Waals surface area contributed by atoms with Crippen LogP contribution in [0.25, 0.3) is 0 Å². The molecule has 0 aliphatic heterocycles. The minimum atomic E-state index is -4.82. The highest BCUT2D eigenvalue weighted by atomic mass is 19.3. The van der Waals surface area contributed by atoms with Gasteiger partial charge in [0.05, 0.1) is 11.8 Å². The molecule has 1 N–H and O–H groups in total. The Bertz CT molecular complexity index is 839. The van der Waals surface area contributed by atoms with Crippen molar-refractivity contribution in [2.45, 2.75) is 32.5 Å². The first-order chi connectivity index (χ1) is 12.5. The summed E-state index contributed by atoms with van der Waals surface area (Å²) in [5.41, 5.74) is -0.491. The molecule has 2 aromatic rings. The van der Waals surface area contributed by atoms with Gasteiger partial charge in [-0.1, -0.05) is 0 Å². The van der Waals surface area contributed by atoms with Gasteiger partial charge in [-0.3, -0.25) is 5.41 Å². The number of benzene rings is 2. The van der Waals surface area contributed by atoms with Crippen molar-refractivity contribution < 1.29 is 35.8 Å². The van der Waals surface area contributed by atoms with Crippen molar-refractivity contribution in [2.75, 3.05) is 0 Å². The number of hydrogen-bond acceptors (Lipinski definition) is 3. The topological polar surface area (TPSA) is 42.3 Å². The molecule has 0 bridgehead atoms. The highest BCUT2D eigenvalue weighted by Crippen LogP contribution is 2.29. The second-order valence-electron chi connectivity index (χ2n) is 5.83. The summed E-state index contributed by atoms with van der Waals surface area (Å²) >= 11 is 0. The number of nitrogens with one attached hydrogen (secondary N) is 1. The lowest BCUT2D eigenvalue weighted by Gasteiger charge is -2.17. The molecule has 2 rings (SSSR count). The number of rotatable bonds is 7. The first-order valence-corrected chi connectivity index (χ1v) is 7.70. The molecule has 0 atom stereocenters. The maximum absolute atomic E-state index is 13.8. The van der Waals surface area contributed by atoms with E-state index in [1.165, 1.54) is 12.1 Å². The molecule has 2 aromatic carbocycles. The normalized spacial score (nSPS) is 11.8. The van der Waals surface area contributed by atoms with Gasteiger partial charge in [0.15, 0.2) is 11.6 Å². The van der Waals surface area contributed by atoms with Crippen molar-refractivity contribution in [1.82, 2.24) is 0 Å². The number of ether oxygens (including phenoxy) is 2. The van der Waals surface area contributed by atoms with Crippen molar-refractivity contribution >= 4 is 5.71 Å². The monoisotopic (exact) mass is 391 g/mol. The zero-order valence-electron chi connectivity index (χ0n) is 14.2. The molecule has 9 heteroatoms. The van der Waals surface area contributed by atoms with E-state index in [0.717, 1.165) is 18.2 Å². The molecule has 0 unspecified atom stereocenters. The van der Waals surface area contributed by atoms with Crippen LogP contribution < -0.4 is 9.47 Å². The second-order valence-corrected chi connectivity index (χ2v) is 5.83. The van der Waals surface area contributed by atoms with E-state index >= 15 is 0 Å². The fourth-order valence-electron chi connectivity index (χ4n) is 2.14. The average molecular weight is 391 g/mol. The lowest BCUT2D eigenvalue weighted by atomic mass is 10.0. The van der Waals surface area contributed by atoms with Crippen molar-refractivity contribution in [3.8, 4) is 11.5 Å². The highest BCUT2D eigenvalue weighted by Gasteiger charge is 2.44. The van der Waals surface area contributed by atoms with Gasteiger partial charge in [-0.2, -0.15) is 17.6 Å². The van der Waals surface area contributed by atoms with Crippen LogP contribution in [0.15, 0.2) is 36.4 Å². The van der Waals surface area contributed by atoms with Crippen LogP contribution in [0.1, 0.15) is 25.0 Å². The van der Waals surface area contributed by atoms with Crippen LogP contribution >= 0.6 is 0 Å². The van der Waals surface area contributed by atoms with E-state index in [2.05, 4.69) is 4.74 Å². The Morgan fingerprint density at radius 2 is 1.67 bits per heavy atom. The summed E-state index contributed by atoms with van der Waals surface area (Å²) in [6.45, 7) is 3.33. The fourth-order valence-corrected chi connectivity index (χ4v) is 2.14. The molecule has 0 spiro atoms. The van der Waals surface area contributed by atoms with Gasteiger partial charge in [0, 0.05) is 17.2 Å². The van der Waals surface area contributed by atoms with E-state index in [-0.39, 0.29) is 28.7 Å². The van der Waals surface area contributed by atoms with E-state index in [9.17, 15) is 26.3 Å². The van der Waals surface area contributed by atoms with E-state index in [1.807, 2.05) is 0 Å². The summed E-state index contributed by atoms with van der Waals surface area (Å²) in [7, 11) is 0. The predicted octanol–water partition coefficient (Wildman–Crippen LogP) is 5.40. The van der Waals surface area contributed by atoms with Gasteiger partial charge < -0.3 is 9.47 Å². The van der Waals surface area contributed by atoms with Gasteiger partial charge in [-0.25, -0.2) is 8.78 Å². The Balaban J connectivity index is 2.37. The van der Waals surface area contributed by atoms with E-state index in [1.54, 1.807) is 13.8 Å². The Labute approximate surface area is 151 Å². The van der Waals surface area contributed by atoms with Crippen LogP contribution in [0.4, 0.5) is 26.3 Å². The SMILES string of the molecule is CC(C)Oc1cc(C(=N)c2cc(F)cc(OC(F)(F)C(F)F)c2)ccc1F. The molecule has 0 fully saturated rings. The van der Waals surface area contributed by atoms with Crippen LogP contribution in [0, 0.1) is 17.0 Å². The molecule has 3 nitrogen and oxygen atoms in total. The van der Waals surface area contributed by atoms with E-state index < -0.39 is 29.9 Å². The molecule has 0 saturated heterocycles. The maximum Gasteiger partial charge on any atom is 0.461 e. The van der Waals surface area contributed by atoms with Crippen molar-refractivity contribution in [1.29, 1.82) is 5.41 Å². The van der Waals surface area contributed by atoms with E-state index in [4.69, 9.17) is 10.1 Å². The lowest BCUT2D eigenvalue weighted by Crippen LogP contribution is -2.33. The third-order valence-corrected chi connectivity index (χ3v) is 3.25. The average Bonchev–Trinajstić information content (AvgIpc) is 2.54. The molecule has 0 heterocycles. The molecular formula is C18H15F6NO2. The Kier molecular flexibility index (Phi) is 6.02. The molecule has 0 saturated carbocycles. The quantitative estimate of drug-likeness (QED) is 0.507. The van der Waals surface area contributed by atoms with Crippen LogP contribution in [0.3, 0.4) is 0 Å². The summed E-state index contributed by atoms with van der Waals surface area (Å²) < 4.78 is 87.1. The van der Waals surface area contributed by atoms with Crippen molar-refractivity contribution in [2.24, 2.45) is 0 Å². The molecule has 27 heavy (non-hydrogen) atoms. The third-order valence-electron chi connectivity index (χ3n) is 3.25. The molecular weight excluding hydrogens is 376 g/mol. The zero-order chi connectivity index (χ0) is 20.4. The van der Waals surface area contributed by atoms with Crippen LogP contribution in [-0.4, -0.2) is 24.3 Å². The number of halogens is 6. The zero-order valence-corrected chi connectivity index (χ0v) is 14.2. The van der Waals surface area contributed by atoms with Gasteiger partial charge in [-0.05, 0) is 44.2 Å². The van der Waals surface area contributed by atoms with Crippen LogP contribution in [-0.2, 0) is 0 Å². The van der Waals surface area contributed by atoms with Gasteiger partial charge in [0.25, 0.3) is 0 Å². The molecule has 0 radical (unpaired) electrons. The summed E-state index contributed by atoms with van der Waals surface area (Å²) in [5.74, 6) is -2.77. The van der Waals surface area contributed by atoms with Crippen LogP contribution in [0.2, 0.25) is 0 Å². The first kappa shape index (κ1) is 20.6. The standard InChI is InChI=1S/C18H15F6NO2/c1-9(2)26-15-7-10(3-4-14(15)20)16(25)11-5-12(19)8-13(6-11)27-18(23,24)17(21)22/h3-9,17,25H,1-2H3. The second kappa shape index (κ2) is 7.89. The summed E-state index contributed by atoms with van der Waals surface area (Å²) in [6.07, 6.45) is -9.28. The Morgan fingerprint density at radius 3 is 2.26 bits per heavy atom. The van der Waals surface area contributed by atoms with Crippen molar-refractivity contribution in [3.05, 3.63) is 59.2 Å². The first-order valence-electron chi connectivity index (χ1n) is 7.70. The van der Waals surface area contributed by atoms with E-state index in [0.29, 0.717) is 6.07 Å². The summed E-state index contributed by atoms with van der Waals surface area (Å²) in [6, 6.07) is 5.57. The smallest absolute Gasteiger partial charge is 0.461 e. The number of alkyl halides is 4. The van der Waals surface area contributed by atoms with Crippen molar-refractivity contribution in [3.63, 3.8) is 0 Å². The highest BCUT2D eigenvalue weighted by molar-refractivity contribution is 6.11. The predicted molar refractivity (Wildman–Crippen MR) is 86.1 cm³/mol. The Morgan fingerprint density at radius 1 is 1.00 bits per heavy atom. The fraction of sp³-hybridized carbons (Fsp3) is 0.278. The maximum atomic E-state index is 13.8. The molecule has 0 amide bonds. The molecule has 0 aliphatic rings.